The van der Waals surface area contributed by atoms with E-state index in [1.165, 1.54) is 11.8 Å². The van der Waals surface area contributed by atoms with Gasteiger partial charge in [-0.1, -0.05) is 47.1 Å². The fraction of sp³-hybridized carbons (Fsp3) is 0.263. The molecule has 10 heteroatoms. The number of rotatable bonds is 4. The van der Waals surface area contributed by atoms with Crippen molar-refractivity contribution in [2.45, 2.75) is 12.1 Å². The molecule has 2 aliphatic heterocycles. The average molecular weight is 470 g/mol. The van der Waals surface area contributed by atoms with Gasteiger partial charge in [-0.15, -0.1) is 0 Å². The number of hydrogen-bond donors (Lipinski definition) is 1. The van der Waals surface area contributed by atoms with Gasteiger partial charge in [0.25, 0.3) is 0 Å². The highest BCUT2D eigenvalue weighted by atomic mass is 35.5. The second-order valence-corrected chi connectivity index (χ2v) is 10.8. The number of aliphatic imine (C=N–C) groups is 1. The zero-order chi connectivity index (χ0) is 20.6. The third kappa shape index (κ3) is 4.71. The number of benzene rings is 2. The smallest absolute Gasteiger partial charge is 0.234 e. The number of carbonyl (C=O) groups excluding carboxylic acids is 1. The molecule has 2 heterocycles. The van der Waals surface area contributed by atoms with E-state index in [1.54, 1.807) is 36.4 Å². The third-order valence-corrected chi connectivity index (χ3v) is 7.77. The van der Waals surface area contributed by atoms with Gasteiger partial charge in [0.05, 0.1) is 29.3 Å². The van der Waals surface area contributed by atoms with Crippen molar-refractivity contribution in [3.63, 3.8) is 0 Å². The Morgan fingerprint density at radius 3 is 2.59 bits per heavy atom. The molecule has 1 saturated heterocycles. The molecule has 2 aliphatic rings. The van der Waals surface area contributed by atoms with E-state index in [0.29, 0.717) is 20.9 Å². The molecule has 6 nitrogen and oxygen atoms in total. The first-order valence-corrected chi connectivity index (χ1v) is 12.4. The van der Waals surface area contributed by atoms with E-state index in [1.807, 2.05) is 17.0 Å². The summed E-state index contributed by atoms with van der Waals surface area (Å²) in [6.07, 6.45) is 0. The average Bonchev–Trinajstić information content (AvgIpc) is 3.11. The van der Waals surface area contributed by atoms with Crippen molar-refractivity contribution < 1.29 is 13.2 Å². The Bertz CT molecular complexity index is 1090. The second-order valence-electron chi connectivity index (χ2n) is 6.82. The van der Waals surface area contributed by atoms with Crippen LogP contribution in [0.3, 0.4) is 0 Å². The Morgan fingerprint density at radius 1 is 1.14 bits per heavy atom. The summed E-state index contributed by atoms with van der Waals surface area (Å²) in [6, 6.07) is 13.5. The van der Waals surface area contributed by atoms with Crippen LogP contribution in [0.25, 0.3) is 0 Å². The summed E-state index contributed by atoms with van der Waals surface area (Å²) in [7, 11) is -3.14. The summed E-state index contributed by atoms with van der Waals surface area (Å²) in [6.45, 7) is 0. The zero-order valence-corrected chi connectivity index (χ0v) is 18.2. The zero-order valence-electron chi connectivity index (χ0n) is 15.1. The summed E-state index contributed by atoms with van der Waals surface area (Å²) >= 11 is 13.4. The summed E-state index contributed by atoms with van der Waals surface area (Å²) in [5.74, 6) is -0.00939. The van der Waals surface area contributed by atoms with Gasteiger partial charge in [0.15, 0.2) is 15.0 Å². The minimum Gasteiger partial charge on any atom is -0.325 e. The van der Waals surface area contributed by atoms with Crippen LogP contribution in [0, 0.1) is 0 Å². The molecule has 0 spiro atoms. The fourth-order valence-electron chi connectivity index (χ4n) is 3.45. The lowest BCUT2D eigenvalue weighted by molar-refractivity contribution is -0.113. The molecule has 152 valence electrons. The molecule has 2 aromatic rings. The molecular weight excluding hydrogens is 453 g/mol. The van der Waals surface area contributed by atoms with Crippen molar-refractivity contribution in [3.8, 4) is 0 Å². The molecular formula is C19H17Cl2N3O3S2. The number of amides is 1. The monoisotopic (exact) mass is 469 g/mol. The van der Waals surface area contributed by atoms with Gasteiger partial charge >= 0.3 is 0 Å². The maximum atomic E-state index is 12.4. The molecule has 2 atom stereocenters. The quantitative estimate of drug-likeness (QED) is 0.737. The summed E-state index contributed by atoms with van der Waals surface area (Å²) in [5.41, 5.74) is 1.38. The molecule has 1 N–H and O–H groups in total. The predicted octanol–water partition coefficient (Wildman–Crippen LogP) is 3.71. The lowest BCUT2D eigenvalue weighted by atomic mass is 10.1. The molecule has 0 aromatic heterocycles. The molecule has 4 rings (SSSR count). The van der Waals surface area contributed by atoms with Crippen LogP contribution in [-0.4, -0.2) is 48.8 Å². The molecule has 1 fully saturated rings. The molecule has 0 bridgehead atoms. The molecule has 29 heavy (non-hydrogen) atoms. The first-order chi connectivity index (χ1) is 13.8. The first kappa shape index (κ1) is 20.5. The predicted molar refractivity (Wildman–Crippen MR) is 120 cm³/mol. The van der Waals surface area contributed by atoms with Crippen molar-refractivity contribution in [1.82, 2.24) is 0 Å². The van der Waals surface area contributed by atoms with Crippen LogP contribution in [0.2, 0.25) is 10.0 Å². The number of anilines is 2. The highest BCUT2D eigenvalue weighted by Crippen LogP contribution is 2.36. The van der Waals surface area contributed by atoms with Gasteiger partial charge in [-0.25, -0.2) is 8.42 Å². The Kier molecular flexibility index (Phi) is 5.79. The van der Waals surface area contributed by atoms with E-state index in [9.17, 15) is 13.2 Å². The lowest BCUT2D eigenvalue weighted by Crippen LogP contribution is -2.39. The van der Waals surface area contributed by atoms with Crippen molar-refractivity contribution in [1.29, 1.82) is 0 Å². The number of nitrogens with zero attached hydrogens (tertiary/aromatic N) is 2. The second kappa shape index (κ2) is 8.18. The maximum Gasteiger partial charge on any atom is 0.234 e. The standard InChI is InChI=1S/C19H17Cl2N3O3S2/c20-12-3-1-5-14(7-12)22-18(25)9-28-19-23-16-10-29(26,27)11-17(16)24(19)15-6-2-4-13(21)8-15/h1-8,16-17H,9-11H2,(H,22,25)/t16-,17-/m0/s1. The van der Waals surface area contributed by atoms with Crippen LogP contribution < -0.4 is 10.2 Å². The minimum absolute atomic E-state index is 0.0213. The van der Waals surface area contributed by atoms with Crippen LogP contribution in [0.1, 0.15) is 0 Å². The van der Waals surface area contributed by atoms with Gasteiger partial charge in [0.1, 0.15) is 0 Å². The van der Waals surface area contributed by atoms with E-state index in [0.717, 1.165) is 5.69 Å². The normalized spacial score (nSPS) is 22.3. The van der Waals surface area contributed by atoms with Crippen LogP contribution in [0.4, 0.5) is 11.4 Å². The molecule has 0 aliphatic carbocycles. The van der Waals surface area contributed by atoms with Gasteiger partial charge in [0, 0.05) is 21.4 Å². The molecule has 1 amide bonds. The van der Waals surface area contributed by atoms with E-state index >= 15 is 0 Å². The van der Waals surface area contributed by atoms with Crippen LogP contribution in [0.5, 0.6) is 0 Å². The van der Waals surface area contributed by atoms with Gasteiger partial charge in [0.2, 0.25) is 5.91 Å². The highest BCUT2D eigenvalue weighted by molar-refractivity contribution is 8.14. The lowest BCUT2D eigenvalue weighted by Gasteiger charge is -2.26. The number of amidine groups is 1. The van der Waals surface area contributed by atoms with Gasteiger partial charge < -0.3 is 10.2 Å². The Balaban J connectivity index is 1.51. The van der Waals surface area contributed by atoms with Crippen molar-refractivity contribution in [2.75, 3.05) is 27.5 Å². The van der Waals surface area contributed by atoms with Crippen LogP contribution >= 0.6 is 35.0 Å². The Labute approximate surface area is 183 Å². The summed E-state index contributed by atoms with van der Waals surface area (Å²) in [4.78, 5) is 18.9. The van der Waals surface area contributed by atoms with Crippen molar-refractivity contribution in [3.05, 3.63) is 58.6 Å². The van der Waals surface area contributed by atoms with E-state index in [-0.39, 0.29) is 35.2 Å². The Hall–Kier alpha value is -1.74. The van der Waals surface area contributed by atoms with Crippen LogP contribution in [-0.2, 0) is 14.6 Å². The number of sulfone groups is 1. The van der Waals surface area contributed by atoms with Crippen LogP contribution in [0.15, 0.2) is 53.5 Å². The molecule has 0 unspecified atom stereocenters. The molecule has 0 saturated carbocycles. The maximum absolute atomic E-state index is 12.4. The van der Waals surface area contributed by atoms with Gasteiger partial charge in [-0.05, 0) is 36.4 Å². The largest absolute Gasteiger partial charge is 0.325 e. The Morgan fingerprint density at radius 2 is 1.86 bits per heavy atom. The number of nitrogens with one attached hydrogen (secondary N) is 1. The highest BCUT2D eigenvalue weighted by Gasteiger charge is 2.47. The molecule has 2 aromatic carbocycles. The van der Waals surface area contributed by atoms with Gasteiger partial charge in [-0.2, -0.15) is 0 Å². The number of halogens is 2. The van der Waals surface area contributed by atoms with Gasteiger partial charge in [-0.3, -0.25) is 9.79 Å². The minimum atomic E-state index is -3.14. The summed E-state index contributed by atoms with van der Waals surface area (Å²) in [5, 5.41) is 4.51. The summed E-state index contributed by atoms with van der Waals surface area (Å²) < 4.78 is 24.2. The van der Waals surface area contributed by atoms with Crippen molar-refractivity contribution >= 4 is 67.3 Å². The number of fused-ring (bicyclic) bond motifs is 1. The SMILES string of the molecule is O=C(CSC1=N[C@H]2CS(=O)(=O)C[C@@H]2N1c1cccc(Cl)c1)Nc1cccc(Cl)c1. The van der Waals surface area contributed by atoms with Crippen molar-refractivity contribution in [2.24, 2.45) is 4.99 Å². The van der Waals surface area contributed by atoms with E-state index in [2.05, 4.69) is 10.3 Å². The fourth-order valence-corrected chi connectivity index (χ4v) is 6.60. The number of carbonyl (C=O) groups is 1. The number of thioether (sulfide) groups is 1. The van der Waals surface area contributed by atoms with E-state index < -0.39 is 9.84 Å². The first-order valence-electron chi connectivity index (χ1n) is 8.82. The third-order valence-electron chi connectivity index (χ3n) is 4.63. The number of hydrogen-bond acceptors (Lipinski definition) is 6. The topological polar surface area (TPSA) is 78.8 Å². The molecule has 0 radical (unpaired) electrons. The van der Waals surface area contributed by atoms with E-state index in [4.69, 9.17) is 23.2 Å².